The quantitative estimate of drug-likeness (QED) is 0.253. The number of aryl methyl sites for hydroxylation is 1. The second-order valence-electron chi connectivity index (χ2n) is 6.96. The summed E-state index contributed by atoms with van der Waals surface area (Å²) in [6.07, 6.45) is 1.96. The SMILES string of the molecule is CON=Cc1c(N)ncnc1Oc1ccc2c(c1)cc(C)n2C(=O)Oc1ccc([N+](=O)[O-])cc1. The lowest BCUT2D eigenvalue weighted by molar-refractivity contribution is -0.384. The largest absolute Gasteiger partial charge is 0.438 e. The molecular weight excluding hydrogens is 444 g/mol. The Bertz CT molecular complexity index is 1410. The number of rotatable bonds is 6. The van der Waals surface area contributed by atoms with Gasteiger partial charge in [-0.15, -0.1) is 0 Å². The van der Waals surface area contributed by atoms with Crippen molar-refractivity contribution in [2.75, 3.05) is 12.8 Å². The molecule has 4 aromatic rings. The molecule has 2 aromatic carbocycles. The minimum atomic E-state index is -0.656. The molecule has 2 heterocycles. The summed E-state index contributed by atoms with van der Waals surface area (Å²) in [5.41, 5.74) is 7.34. The van der Waals surface area contributed by atoms with Gasteiger partial charge in [-0.1, -0.05) is 5.16 Å². The number of benzene rings is 2. The van der Waals surface area contributed by atoms with Gasteiger partial charge in [0.15, 0.2) is 0 Å². The maximum atomic E-state index is 12.8. The van der Waals surface area contributed by atoms with Crippen molar-refractivity contribution < 1.29 is 24.0 Å². The Hall–Kier alpha value is -5.00. The molecule has 0 aliphatic heterocycles. The molecule has 4 rings (SSSR count). The standard InChI is InChI=1S/C22H18N6O6/c1-13-9-14-10-17(33-21-18(11-26-32-2)20(23)24-12-25-21)7-8-19(14)27(13)22(29)34-16-5-3-15(4-6-16)28(30)31/h3-12H,1-2H3,(H2,23,24,25). The van der Waals surface area contributed by atoms with Crippen LogP contribution in [-0.4, -0.2) is 38.9 Å². The van der Waals surface area contributed by atoms with Crippen LogP contribution in [0, 0.1) is 17.0 Å². The van der Waals surface area contributed by atoms with E-state index in [4.69, 9.17) is 15.2 Å². The van der Waals surface area contributed by atoms with Crippen molar-refractivity contribution in [2.24, 2.45) is 5.16 Å². The van der Waals surface area contributed by atoms with Crippen LogP contribution < -0.4 is 15.2 Å². The summed E-state index contributed by atoms with van der Waals surface area (Å²) in [7, 11) is 1.39. The van der Waals surface area contributed by atoms with Crippen molar-refractivity contribution >= 4 is 34.7 Å². The van der Waals surface area contributed by atoms with Crippen molar-refractivity contribution in [3.63, 3.8) is 0 Å². The van der Waals surface area contributed by atoms with Crippen LogP contribution in [0.25, 0.3) is 10.9 Å². The number of fused-ring (bicyclic) bond motifs is 1. The van der Waals surface area contributed by atoms with Crippen molar-refractivity contribution in [1.82, 2.24) is 14.5 Å². The summed E-state index contributed by atoms with van der Waals surface area (Å²) in [6.45, 7) is 1.75. The van der Waals surface area contributed by atoms with E-state index in [1.165, 1.54) is 48.5 Å². The number of non-ortho nitro benzene ring substituents is 1. The third-order valence-electron chi connectivity index (χ3n) is 4.77. The van der Waals surface area contributed by atoms with E-state index in [0.717, 1.165) is 0 Å². The molecule has 12 nitrogen and oxygen atoms in total. The molecule has 0 spiro atoms. The molecule has 34 heavy (non-hydrogen) atoms. The van der Waals surface area contributed by atoms with Crippen LogP contribution in [0.1, 0.15) is 11.3 Å². The number of carbonyl (C=O) groups excluding carboxylic acids is 1. The molecule has 0 bridgehead atoms. The predicted octanol–water partition coefficient (Wildman–Crippen LogP) is 4.05. The topological polar surface area (TPSA) is 157 Å². The first-order valence-corrected chi connectivity index (χ1v) is 9.81. The molecule has 0 fully saturated rings. The molecule has 0 amide bonds. The van der Waals surface area contributed by atoms with E-state index in [1.54, 1.807) is 31.2 Å². The van der Waals surface area contributed by atoms with Crippen LogP contribution in [0.2, 0.25) is 0 Å². The average molecular weight is 462 g/mol. The fourth-order valence-electron chi connectivity index (χ4n) is 3.23. The van der Waals surface area contributed by atoms with Crippen LogP contribution in [-0.2, 0) is 4.84 Å². The number of ether oxygens (including phenoxy) is 2. The average Bonchev–Trinajstić information content (AvgIpc) is 3.14. The molecule has 0 aliphatic carbocycles. The lowest BCUT2D eigenvalue weighted by Crippen LogP contribution is -2.17. The number of nitro benzene ring substituents is 1. The Kier molecular flexibility index (Phi) is 6.03. The minimum absolute atomic E-state index is 0.1000. The summed E-state index contributed by atoms with van der Waals surface area (Å²) >= 11 is 0. The normalized spacial score (nSPS) is 11.0. The zero-order chi connectivity index (χ0) is 24.2. The summed E-state index contributed by atoms with van der Waals surface area (Å²) in [6, 6.07) is 12.1. The highest BCUT2D eigenvalue weighted by atomic mass is 16.6. The van der Waals surface area contributed by atoms with Crippen LogP contribution in [0.4, 0.5) is 16.3 Å². The summed E-state index contributed by atoms with van der Waals surface area (Å²) in [4.78, 5) is 35.8. The number of oxime groups is 1. The molecule has 0 saturated carbocycles. The lowest BCUT2D eigenvalue weighted by atomic mass is 10.2. The Labute approximate surface area is 192 Å². The highest BCUT2D eigenvalue weighted by Gasteiger charge is 2.17. The molecule has 0 saturated heterocycles. The number of nitrogen functional groups attached to an aromatic ring is 1. The molecule has 172 valence electrons. The monoisotopic (exact) mass is 462 g/mol. The minimum Gasteiger partial charge on any atom is -0.438 e. The Morgan fingerprint density at radius 1 is 1.15 bits per heavy atom. The van der Waals surface area contributed by atoms with Crippen LogP contribution in [0.15, 0.2) is 60.0 Å². The maximum absolute atomic E-state index is 12.8. The maximum Gasteiger partial charge on any atom is 0.424 e. The number of hydrogen-bond donors (Lipinski definition) is 1. The summed E-state index contributed by atoms with van der Waals surface area (Å²) in [5.74, 6) is 0.978. The van der Waals surface area contributed by atoms with Gasteiger partial charge in [0.1, 0.15) is 36.3 Å². The van der Waals surface area contributed by atoms with Gasteiger partial charge in [-0.05, 0) is 43.3 Å². The third-order valence-corrected chi connectivity index (χ3v) is 4.77. The predicted molar refractivity (Wildman–Crippen MR) is 122 cm³/mol. The second kappa shape index (κ2) is 9.24. The van der Waals surface area contributed by atoms with Gasteiger partial charge < -0.3 is 20.0 Å². The van der Waals surface area contributed by atoms with E-state index in [0.29, 0.717) is 27.9 Å². The molecule has 0 radical (unpaired) electrons. The Morgan fingerprint density at radius 3 is 2.59 bits per heavy atom. The van der Waals surface area contributed by atoms with Crippen molar-refractivity contribution in [2.45, 2.75) is 6.92 Å². The van der Waals surface area contributed by atoms with E-state index in [1.807, 2.05) is 0 Å². The van der Waals surface area contributed by atoms with Crippen LogP contribution in [0.5, 0.6) is 17.4 Å². The van der Waals surface area contributed by atoms with Gasteiger partial charge in [0.25, 0.3) is 5.69 Å². The lowest BCUT2D eigenvalue weighted by Gasteiger charge is -2.10. The molecule has 2 N–H and O–H groups in total. The highest BCUT2D eigenvalue weighted by molar-refractivity contribution is 5.92. The van der Waals surface area contributed by atoms with Gasteiger partial charge in [0, 0.05) is 23.2 Å². The number of anilines is 1. The molecule has 12 heteroatoms. The second-order valence-corrected chi connectivity index (χ2v) is 6.96. The van der Waals surface area contributed by atoms with Crippen LogP contribution >= 0.6 is 0 Å². The smallest absolute Gasteiger partial charge is 0.424 e. The zero-order valence-corrected chi connectivity index (χ0v) is 18.0. The van der Waals surface area contributed by atoms with Gasteiger partial charge in [0.2, 0.25) is 5.88 Å². The first-order chi connectivity index (χ1) is 16.4. The molecule has 0 unspecified atom stereocenters. The van der Waals surface area contributed by atoms with Gasteiger partial charge in [-0.3, -0.25) is 10.1 Å². The number of carbonyl (C=O) groups is 1. The fourth-order valence-corrected chi connectivity index (χ4v) is 3.23. The summed E-state index contributed by atoms with van der Waals surface area (Å²) in [5, 5.41) is 15.2. The van der Waals surface area contributed by atoms with Crippen molar-refractivity contribution in [3.8, 4) is 17.4 Å². The number of aromatic nitrogens is 3. The number of hydrogen-bond acceptors (Lipinski definition) is 10. The zero-order valence-electron chi connectivity index (χ0n) is 18.0. The van der Waals surface area contributed by atoms with E-state index in [9.17, 15) is 14.9 Å². The Balaban J connectivity index is 1.60. The number of nitrogens with two attached hydrogens (primary N) is 1. The first-order valence-electron chi connectivity index (χ1n) is 9.81. The molecule has 2 aromatic heterocycles. The number of nitro groups is 1. The molecular formula is C22H18N6O6. The molecule has 0 aliphatic rings. The summed E-state index contributed by atoms with van der Waals surface area (Å²) < 4.78 is 12.6. The van der Waals surface area contributed by atoms with Gasteiger partial charge in [-0.25, -0.2) is 19.3 Å². The van der Waals surface area contributed by atoms with E-state index in [-0.39, 0.29) is 23.1 Å². The highest BCUT2D eigenvalue weighted by Crippen LogP contribution is 2.29. The first kappa shape index (κ1) is 22.2. The van der Waals surface area contributed by atoms with Crippen molar-refractivity contribution in [1.29, 1.82) is 0 Å². The number of nitrogens with zero attached hydrogens (tertiary/aromatic N) is 5. The fraction of sp³-hybridized carbons (Fsp3) is 0.0909. The third kappa shape index (κ3) is 4.46. The van der Waals surface area contributed by atoms with Crippen molar-refractivity contribution in [3.05, 3.63) is 76.2 Å². The van der Waals surface area contributed by atoms with E-state index >= 15 is 0 Å². The van der Waals surface area contributed by atoms with Crippen LogP contribution in [0.3, 0.4) is 0 Å². The van der Waals surface area contributed by atoms with Gasteiger partial charge >= 0.3 is 6.09 Å². The van der Waals surface area contributed by atoms with Gasteiger partial charge in [0.05, 0.1) is 16.7 Å². The Morgan fingerprint density at radius 2 is 1.88 bits per heavy atom. The molecule has 0 atom stereocenters. The van der Waals surface area contributed by atoms with E-state index < -0.39 is 11.0 Å². The van der Waals surface area contributed by atoms with Gasteiger partial charge in [-0.2, -0.15) is 0 Å². The van der Waals surface area contributed by atoms with E-state index in [2.05, 4.69) is 20.0 Å².